The third kappa shape index (κ3) is 23.0. The van der Waals surface area contributed by atoms with Crippen LogP contribution in [-0.2, 0) is 80.4 Å². The van der Waals surface area contributed by atoms with E-state index in [1.807, 2.05) is 39.8 Å². The first-order chi connectivity index (χ1) is 45.9. The monoisotopic (exact) mass is 1460 g/mol. The van der Waals surface area contributed by atoms with E-state index in [9.17, 15) is 53.5 Å². The van der Waals surface area contributed by atoms with E-state index in [-0.39, 0.29) is 119 Å². The van der Waals surface area contributed by atoms with E-state index in [4.69, 9.17) is 62.6 Å². The number of sulfonamides is 3. The van der Waals surface area contributed by atoms with E-state index in [0.717, 1.165) is 24.5 Å². The number of aliphatic hydroxyl groups is 2. The molecule has 540 valence electrons. The average molecular weight is 1460 g/mol. The summed E-state index contributed by atoms with van der Waals surface area (Å²) in [7, 11) is -10.2. The number of nitrogens with two attached hydrogens (primary N) is 1. The largest absolute Gasteiger partial charge is 0.492 e. The van der Waals surface area contributed by atoms with Gasteiger partial charge in [-0.1, -0.05) is 52.0 Å². The number of alkyl carbamates (subject to hydrolysis) is 2. The van der Waals surface area contributed by atoms with Crippen molar-refractivity contribution in [1.82, 2.24) is 24.0 Å². The standard InChI is InChI=1S/C31H43N3O12S2.C30H41N3O10S.CH3ClO2S/c1-20(2)16-34(48(39,40)23-8-9-27-28(15-23)45-19-44-27)17-26(35)25(33-31(36)46-29-18-43-30-24(29)10-12-42-30)14-21-4-6-22(7-5-21)41-13-11-32-47(3,37)38;1-19(2)15-33(44(36,37)22-7-8-26-27(14-22)42-18-41-26)16-25(34)24(13-20-3-5-21(6-4-20)38-12-10-31)32-30(35)43-28-17-40-29-23(28)9-11-39-29;1-5(2,3)4/h4-9,15,20,24-26,29-30,32,35H,10-14,16-19H2,1-3H3,(H,33,36);3-8,14,19,23-25,28-29,34H,9-13,15-18,31H2,1-2H3,(H,32,35);1H3/t24-,25-,26+,29-,30+;23-,24-,25+,28-,29+;/m00./s1. The maximum atomic E-state index is 13.9. The Morgan fingerprint density at radius 3 is 1.35 bits per heavy atom. The average Bonchev–Trinajstić information content (AvgIpc) is 1.16. The van der Waals surface area contributed by atoms with E-state index in [2.05, 4.69) is 26.0 Å². The fourth-order valence-corrected chi connectivity index (χ4v) is 15.0. The fraction of sp³-hybridized carbons (Fsp3) is 0.581. The SMILES string of the molecule is CC(C)CN(C[C@@H](O)[C@H](Cc1ccc(OCCN)cc1)NC(=O)O[C@H]1CO[C@H]2OCC[C@H]21)S(=O)(=O)c1ccc2c(c1)OCO2.CC(C)CN(C[C@@H](O)[C@H](Cc1ccc(OCCNS(C)(=O)=O)cc1)NC(=O)O[C@H]1CO[C@H]2OCC[C@H]21)S(=O)(=O)c1ccc2c(c1)OCO2.CS(=O)(=O)Cl. The minimum Gasteiger partial charge on any atom is -0.492 e. The summed E-state index contributed by atoms with van der Waals surface area (Å²) >= 11 is 0. The smallest absolute Gasteiger partial charge is 0.407 e. The number of aliphatic hydroxyl groups excluding tert-OH is 2. The van der Waals surface area contributed by atoms with E-state index >= 15 is 0 Å². The van der Waals surface area contributed by atoms with Gasteiger partial charge in [0, 0.05) is 62.1 Å². The molecule has 4 fully saturated rings. The highest BCUT2D eigenvalue weighted by molar-refractivity contribution is 8.13. The van der Waals surface area contributed by atoms with Crippen molar-refractivity contribution in [2.75, 3.05) is 105 Å². The van der Waals surface area contributed by atoms with Crippen LogP contribution in [0.15, 0.2) is 94.7 Å². The van der Waals surface area contributed by atoms with Crippen molar-refractivity contribution in [3.63, 3.8) is 0 Å². The quantitative estimate of drug-likeness (QED) is 0.0321. The molecule has 4 aromatic rings. The normalized spacial score (nSPS) is 21.4. The topological polar surface area (TPSA) is 391 Å². The first-order valence-corrected chi connectivity index (χ1v) is 39.0. The molecule has 0 spiro atoms. The van der Waals surface area contributed by atoms with Crippen LogP contribution in [0, 0.1) is 23.7 Å². The number of fused-ring (bicyclic) bond motifs is 4. The molecule has 4 aromatic carbocycles. The summed E-state index contributed by atoms with van der Waals surface area (Å²) in [4.78, 5) is 26.3. The van der Waals surface area contributed by atoms with Crippen LogP contribution in [0.1, 0.15) is 51.7 Å². The zero-order chi connectivity index (χ0) is 70.2. The Bertz CT molecular complexity index is 3710. The number of rotatable bonds is 30. The molecule has 0 radical (unpaired) electrons. The number of amides is 2. The van der Waals surface area contributed by atoms with Gasteiger partial charge in [0.2, 0.25) is 52.7 Å². The predicted octanol–water partition coefficient (Wildman–Crippen LogP) is 3.49. The number of ether oxygens (including phenoxy) is 12. The van der Waals surface area contributed by atoms with Crippen molar-refractivity contribution >= 4 is 62.0 Å². The number of nitrogens with zero attached hydrogens (tertiary/aromatic N) is 2. The molecule has 10 atom stereocenters. The highest BCUT2D eigenvalue weighted by atomic mass is 35.7. The molecule has 6 aliphatic rings. The minimum absolute atomic E-state index is 0.00832. The summed E-state index contributed by atoms with van der Waals surface area (Å²) in [6.07, 6.45) is -2.23. The van der Waals surface area contributed by atoms with Gasteiger partial charge in [-0.25, -0.2) is 48.0 Å². The summed E-state index contributed by atoms with van der Waals surface area (Å²) in [6.45, 7) is 9.58. The Hall–Kier alpha value is -6.09. The Morgan fingerprint density at radius 2 is 0.969 bits per heavy atom. The first-order valence-electron chi connectivity index (χ1n) is 31.5. The van der Waals surface area contributed by atoms with Gasteiger partial charge in [0.15, 0.2) is 35.6 Å². The summed E-state index contributed by atoms with van der Waals surface area (Å²) in [6, 6.07) is 21.0. The van der Waals surface area contributed by atoms with Gasteiger partial charge in [0.05, 0.1) is 84.9 Å². The maximum Gasteiger partial charge on any atom is 0.407 e. The van der Waals surface area contributed by atoms with Crippen LogP contribution in [0.25, 0.3) is 0 Å². The zero-order valence-corrected chi connectivity index (χ0v) is 58.6. The van der Waals surface area contributed by atoms with Crippen LogP contribution in [0.3, 0.4) is 0 Å². The Labute approximate surface area is 570 Å². The molecule has 6 aliphatic heterocycles. The molecular formula is C62H87ClN6O24S4. The van der Waals surface area contributed by atoms with Gasteiger partial charge in [-0.2, -0.15) is 8.61 Å². The second-order valence-corrected chi connectivity index (χ2v) is 33.3. The van der Waals surface area contributed by atoms with E-state index in [1.165, 1.54) is 38.9 Å². The van der Waals surface area contributed by atoms with Gasteiger partial charge in [-0.3, -0.25) is 0 Å². The van der Waals surface area contributed by atoms with Gasteiger partial charge < -0.3 is 83.4 Å². The summed E-state index contributed by atoms with van der Waals surface area (Å²) in [5.41, 5.74) is 7.02. The predicted molar refractivity (Wildman–Crippen MR) is 350 cm³/mol. The van der Waals surface area contributed by atoms with Crippen molar-refractivity contribution in [3.8, 4) is 34.5 Å². The number of benzene rings is 4. The molecule has 35 heteroatoms. The van der Waals surface area contributed by atoms with Crippen LogP contribution < -0.4 is 49.5 Å². The number of halogens is 1. The second-order valence-electron chi connectivity index (χ2n) is 24.6. The fourth-order valence-electron chi connectivity index (χ4n) is 11.2. The molecule has 30 nitrogen and oxygen atoms in total. The first kappa shape index (κ1) is 76.7. The van der Waals surface area contributed by atoms with E-state index < -0.39 is 94.1 Å². The molecule has 0 aromatic heterocycles. The maximum absolute atomic E-state index is 13.9. The number of carbonyl (C=O) groups excluding carboxylic acids is 2. The van der Waals surface area contributed by atoms with Crippen LogP contribution >= 0.6 is 10.7 Å². The van der Waals surface area contributed by atoms with Crippen LogP contribution in [0.4, 0.5) is 9.59 Å². The minimum atomic E-state index is -4.10. The lowest BCUT2D eigenvalue weighted by molar-refractivity contribution is -0.0909. The third-order valence-electron chi connectivity index (χ3n) is 15.8. The molecule has 0 aliphatic carbocycles. The molecule has 7 N–H and O–H groups in total. The molecule has 0 bridgehead atoms. The highest BCUT2D eigenvalue weighted by Gasteiger charge is 2.46. The zero-order valence-electron chi connectivity index (χ0n) is 54.6. The van der Waals surface area contributed by atoms with Crippen LogP contribution in [0.2, 0.25) is 0 Å². The lowest BCUT2D eigenvalue weighted by Gasteiger charge is -2.31. The second kappa shape index (κ2) is 34.8. The number of carbonyl (C=O) groups is 2. The highest BCUT2D eigenvalue weighted by Crippen LogP contribution is 2.38. The van der Waals surface area contributed by atoms with Gasteiger partial charge in [-0.05, 0) is 97.2 Å². The van der Waals surface area contributed by atoms with Gasteiger partial charge in [0.25, 0.3) is 0 Å². The van der Waals surface area contributed by atoms with Gasteiger partial charge in [0.1, 0.15) is 36.9 Å². The Morgan fingerprint density at radius 1 is 0.577 bits per heavy atom. The van der Waals surface area contributed by atoms with Gasteiger partial charge in [-0.15, -0.1) is 0 Å². The molecule has 97 heavy (non-hydrogen) atoms. The molecule has 0 saturated carbocycles. The Balaban J connectivity index is 0.000000232. The van der Waals surface area contributed by atoms with Crippen LogP contribution in [0.5, 0.6) is 34.5 Å². The van der Waals surface area contributed by atoms with Crippen molar-refractivity contribution in [1.29, 1.82) is 0 Å². The van der Waals surface area contributed by atoms with E-state index in [0.29, 0.717) is 72.8 Å². The number of hydrogen-bond acceptors (Lipinski definition) is 25. The third-order valence-corrected chi connectivity index (χ3v) is 20.2. The molecule has 4 saturated heterocycles. The van der Waals surface area contributed by atoms with E-state index in [1.54, 1.807) is 42.5 Å². The molecule has 0 unspecified atom stereocenters. The lowest BCUT2D eigenvalue weighted by Crippen LogP contribution is -2.51. The number of nitrogens with one attached hydrogen (secondary N) is 3. The van der Waals surface area contributed by atoms with Crippen molar-refractivity contribution in [2.24, 2.45) is 29.4 Å². The Kier molecular flexibility index (Phi) is 27.5. The summed E-state index contributed by atoms with van der Waals surface area (Å²) in [5.74, 6) is 2.40. The lowest BCUT2D eigenvalue weighted by atomic mass is 10.0. The van der Waals surface area contributed by atoms with Gasteiger partial charge >= 0.3 is 12.2 Å². The van der Waals surface area contributed by atoms with Crippen LogP contribution in [-0.4, -0.2) is 219 Å². The molecule has 10 rings (SSSR count). The summed E-state index contributed by atoms with van der Waals surface area (Å²) in [5, 5.41) is 28.7. The van der Waals surface area contributed by atoms with Crippen molar-refractivity contribution < 1.29 is 110 Å². The van der Waals surface area contributed by atoms with Crippen molar-refractivity contribution in [3.05, 3.63) is 96.1 Å². The molecule has 2 amide bonds. The molecule has 6 heterocycles. The summed E-state index contributed by atoms with van der Waals surface area (Å²) < 4.78 is 168. The van der Waals surface area contributed by atoms with Crippen molar-refractivity contribution in [2.45, 2.75) is 112 Å². The molecular weight excluding hydrogens is 1380 g/mol. The number of hydrogen-bond donors (Lipinski definition) is 6.